The van der Waals surface area contributed by atoms with Crippen molar-refractivity contribution in [2.24, 2.45) is 0 Å². The van der Waals surface area contributed by atoms with Crippen molar-refractivity contribution < 1.29 is 27.5 Å². The summed E-state index contributed by atoms with van der Waals surface area (Å²) in [6.45, 7) is 2.77. The second kappa shape index (κ2) is 11.2. The van der Waals surface area contributed by atoms with Gasteiger partial charge in [0.2, 0.25) is 10.0 Å². The van der Waals surface area contributed by atoms with Crippen LogP contribution in [-0.2, 0) is 30.7 Å². The average Bonchev–Trinajstić information content (AvgIpc) is 3.32. The van der Waals surface area contributed by atoms with Gasteiger partial charge >= 0.3 is 5.97 Å². The zero-order valence-electron chi connectivity index (χ0n) is 18.0. The SMILES string of the molecule is CC(OC(=O)c1ccc(S(=O)(=O)NCC2CCCO2)cc1)C(=O)NCCc1ccccc1. The number of carbonyl (C=O) groups excluding carboxylic acids is 2. The minimum Gasteiger partial charge on any atom is -0.449 e. The molecule has 32 heavy (non-hydrogen) atoms. The summed E-state index contributed by atoms with van der Waals surface area (Å²) in [5, 5.41) is 2.74. The monoisotopic (exact) mass is 460 g/mol. The lowest BCUT2D eigenvalue weighted by Gasteiger charge is -2.14. The molecule has 0 bridgehead atoms. The van der Waals surface area contributed by atoms with Gasteiger partial charge in [0.15, 0.2) is 6.10 Å². The molecule has 1 heterocycles. The summed E-state index contributed by atoms with van der Waals surface area (Å²) >= 11 is 0. The van der Waals surface area contributed by atoms with Gasteiger partial charge in [-0.05, 0) is 56.0 Å². The third-order valence-corrected chi connectivity index (χ3v) is 6.57. The zero-order chi connectivity index (χ0) is 23.0. The van der Waals surface area contributed by atoms with E-state index in [1.165, 1.54) is 31.2 Å². The third-order valence-electron chi connectivity index (χ3n) is 5.13. The molecule has 0 radical (unpaired) electrons. The number of hydrogen-bond acceptors (Lipinski definition) is 6. The van der Waals surface area contributed by atoms with Gasteiger partial charge in [-0.15, -0.1) is 0 Å². The van der Waals surface area contributed by atoms with E-state index in [-0.39, 0.29) is 23.1 Å². The highest BCUT2D eigenvalue weighted by Gasteiger charge is 2.22. The van der Waals surface area contributed by atoms with E-state index < -0.39 is 28.0 Å². The van der Waals surface area contributed by atoms with E-state index in [0.717, 1.165) is 18.4 Å². The van der Waals surface area contributed by atoms with Crippen LogP contribution in [0, 0.1) is 0 Å². The molecule has 3 rings (SSSR count). The van der Waals surface area contributed by atoms with Crippen molar-refractivity contribution in [2.45, 2.75) is 43.3 Å². The van der Waals surface area contributed by atoms with Crippen LogP contribution in [0.5, 0.6) is 0 Å². The van der Waals surface area contributed by atoms with Crippen molar-refractivity contribution in [2.75, 3.05) is 19.7 Å². The lowest BCUT2D eigenvalue weighted by atomic mass is 10.1. The fourth-order valence-electron chi connectivity index (χ4n) is 3.26. The minimum absolute atomic E-state index is 0.0405. The lowest BCUT2D eigenvalue weighted by molar-refractivity contribution is -0.129. The number of carbonyl (C=O) groups is 2. The molecule has 8 nitrogen and oxygen atoms in total. The summed E-state index contributed by atoms with van der Waals surface area (Å²) in [6.07, 6.45) is 1.33. The Kier molecular flexibility index (Phi) is 8.38. The summed E-state index contributed by atoms with van der Waals surface area (Å²) in [4.78, 5) is 24.6. The lowest BCUT2D eigenvalue weighted by Crippen LogP contribution is -2.36. The molecule has 2 unspecified atom stereocenters. The fourth-order valence-corrected chi connectivity index (χ4v) is 4.33. The Bertz CT molecular complexity index is 1000. The van der Waals surface area contributed by atoms with Crippen LogP contribution >= 0.6 is 0 Å². The molecule has 2 atom stereocenters. The number of sulfonamides is 1. The van der Waals surface area contributed by atoms with Crippen LogP contribution in [0.15, 0.2) is 59.5 Å². The van der Waals surface area contributed by atoms with Crippen molar-refractivity contribution in [1.82, 2.24) is 10.0 Å². The quantitative estimate of drug-likeness (QED) is 0.525. The van der Waals surface area contributed by atoms with Crippen LogP contribution in [0.25, 0.3) is 0 Å². The number of esters is 1. The van der Waals surface area contributed by atoms with E-state index in [0.29, 0.717) is 19.6 Å². The highest BCUT2D eigenvalue weighted by atomic mass is 32.2. The van der Waals surface area contributed by atoms with Gasteiger partial charge in [0.05, 0.1) is 16.6 Å². The van der Waals surface area contributed by atoms with E-state index >= 15 is 0 Å². The fraction of sp³-hybridized carbons (Fsp3) is 0.391. The molecule has 2 N–H and O–H groups in total. The van der Waals surface area contributed by atoms with Gasteiger partial charge in [0.25, 0.3) is 5.91 Å². The molecule has 2 aromatic rings. The predicted molar refractivity (Wildman–Crippen MR) is 119 cm³/mol. The Morgan fingerprint density at radius 1 is 1.12 bits per heavy atom. The summed E-state index contributed by atoms with van der Waals surface area (Å²) in [5.41, 5.74) is 1.25. The van der Waals surface area contributed by atoms with Crippen molar-refractivity contribution >= 4 is 21.9 Å². The predicted octanol–water partition coefficient (Wildman–Crippen LogP) is 2.05. The molecule has 9 heteroatoms. The van der Waals surface area contributed by atoms with E-state index in [9.17, 15) is 18.0 Å². The Morgan fingerprint density at radius 3 is 2.50 bits per heavy atom. The Hall–Kier alpha value is -2.75. The second-order valence-corrected chi connectivity index (χ2v) is 9.35. The average molecular weight is 461 g/mol. The number of rotatable bonds is 10. The van der Waals surface area contributed by atoms with Gasteiger partial charge < -0.3 is 14.8 Å². The maximum Gasteiger partial charge on any atom is 0.338 e. The van der Waals surface area contributed by atoms with Crippen LogP contribution in [0.1, 0.15) is 35.7 Å². The number of nitrogens with one attached hydrogen (secondary N) is 2. The molecule has 1 fully saturated rings. The van der Waals surface area contributed by atoms with Gasteiger partial charge in [-0.25, -0.2) is 17.9 Å². The first kappa shape index (κ1) is 23.9. The largest absolute Gasteiger partial charge is 0.449 e. The molecule has 0 aromatic heterocycles. The molecule has 2 aromatic carbocycles. The van der Waals surface area contributed by atoms with Crippen molar-refractivity contribution in [3.8, 4) is 0 Å². The minimum atomic E-state index is -3.71. The summed E-state index contributed by atoms with van der Waals surface area (Å²) in [6, 6.07) is 15.1. The molecular weight excluding hydrogens is 432 g/mol. The molecule has 0 spiro atoms. The molecule has 1 amide bonds. The first-order chi connectivity index (χ1) is 15.3. The molecule has 1 aliphatic heterocycles. The third kappa shape index (κ3) is 6.88. The van der Waals surface area contributed by atoms with Crippen LogP contribution in [0.3, 0.4) is 0 Å². The number of amides is 1. The van der Waals surface area contributed by atoms with Crippen LogP contribution < -0.4 is 10.0 Å². The topological polar surface area (TPSA) is 111 Å². The van der Waals surface area contributed by atoms with Gasteiger partial charge in [-0.2, -0.15) is 0 Å². The number of ether oxygens (including phenoxy) is 2. The van der Waals surface area contributed by atoms with Crippen molar-refractivity contribution in [3.05, 3.63) is 65.7 Å². The van der Waals surface area contributed by atoms with E-state index in [1.807, 2.05) is 30.3 Å². The molecular formula is C23H28N2O6S. The maximum atomic E-state index is 12.4. The summed E-state index contributed by atoms with van der Waals surface area (Å²) < 4.78 is 38.0. The molecule has 0 saturated carbocycles. The van der Waals surface area contributed by atoms with Crippen molar-refractivity contribution in [3.63, 3.8) is 0 Å². The zero-order valence-corrected chi connectivity index (χ0v) is 18.8. The second-order valence-electron chi connectivity index (χ2n) is 7.59. The highest BCUT2D eigenvalue weighted by molar-refractivity contribution is 7.89. The van der Waals surface area contributed by atoms with Crippen LogP contribution in [0.2, 0.25) is 0 Å². The maximum absolute atomic E-state index is 12.4. The Balaban J connectivity index is 1.47. The van der Waals surface area contributed by atoms with Crippen LogP contribution in [0.4, 0.5) is 0 Å². The smallest absolute Gasteiger partial charge is 0.338 e. The number of hydrogen-bond donors (Lipinski definition) is 2. The first-order valence-electron chi connectivity index (χ1n) is 10.6. The molecule has 1 aliphatic rings. The highest BCUT2D eigenvalue weighted by Crippen LogP contribution is 2.15. The molecule has 172 valence electrons. The van der Waals surface area contributed by atoms with Gasteiger partial charge in [-0.3, -0.25) is 4.79 Å². The summed E-state index contributed by atoms with van der Waals surface area (Å²) in [5.74, 6) is -1.10. The first-order valence-corrected chi connectivity index (χ1v) is 12.1. The van der Waals surface area contributed by atoms with Crippen LogP contribution in [-0.4, -0.2) is 52.2 Å². The van der Waals surface area contributed by atoms with E-state index in [4.69, 9.17) is 9.47 Å². The van der Waals surface area contributed by atoms with E-state index in [1.54, 1.807) is 0 Å². The normalized spacial score (nSPS) is 17.0. The molecule has 0 aliphatic carbocycles. The summed E-state index contributed by atoms with van der Waals surface area (Å²) in [7, 11) is -3.71. The Labute approximate surface area is 188 Å². The Morgan fingerprint density at radius 2 is 1.84 bits per heavy atom. The number of benzene rings is 2. The standard InChI is InChI=1S/C23H28N2O6S/c1-17(22(26)24-14-13-18-6-3-2-4-7-18)31-23(27)19-9-11-21(12-10-19)32(28,29)25-16-20-8-5-15-30-20/h2-4,6-7,9-12,17,20,25H,5,8,13-16H2,1H3,(H,24,26). The molecule has 1 saturated heterocycles. The van der Waals surface area contributed by atoms with E-state index in [2.05, 4.69) is 10.0 Å². The van der Waals surface area contributed by atoms with Gasteiger partial charge in [-0.1, -0.05) is 30.3 Å². The van der Waals surface area contributed by atoms with Gasteiger partial charge in [0, 0.05) is 19.7 Å². The van der Waals surface area contributed by atoms with Gasteiger partial charge in [0.1, 0.15) is 0 Å². The van der Waals surface area contributed by atoms with Crippen molar-refractivity contribution in [1.29, 1.82) is 0 Å².